The van der Waals surface area contributed by atoms with Crippen LogP contribution in [0.1, 0.15) is 17.2 Å². The van der Waals surface area contributed by atoms with E-state index in [0.717, 1.165) is 16.8 Å². The van der Waals surface area contributed by atoms with Crippen LogP contribution in [0.2, 0.25) is 5.02 Å². The number of halogens is 1. The molecule has 150 valence electrons. The van der Waals surface area contributed by atoms with Gasteiger partial charge in [0.2, 0.25) is 5.91 Å². The summed E-state index contributed by atoms with van der Waals surface area (Å²) in [6.07, 6.45) is -0.886. The minimum absolute atomic E-state index is 0.281. The summed E-state index contributed by atoms with van der Waals surface area (Å²) in [7, 11) is 0. The van der Waals surface area contributed by atoms with Crippen LogP contribution in [0.5, 0.6) is 0 Å². The van der Waals surface area contributed by atoms with Gasteiger partial charge in [0.15, 0.2) is 6.10 Å². The SMILES string of the molecule is Cc1ccc([C@@H]2[C@H]3C(=O)N(c4cccc(Cl)c4)C(=O)[C@@H]3ON2c2ccccc2)cc1. The maximum absolute atomic E-state index is 13.5. The predicted octanol–water partition coefficient (Wildman–Crippen LogP) is 4.70. The molecule has 5 rings (SSSR count). The third-order valence-electron chi connectivity index (χ3n) is 5.61. The Bertz CT molecular complexity index is 1120. The second-order valence-electron chi connectivity index (χ2n) is 7.56. The lowest BCUT2D eigenvalue weighted by Crippen LogP contribution is -2.37. The normalized spacial score (nSPS) is 23.2. The molecule has 0 radical (unpaired) electrons. The summed E-state index contributed by atoms with van der Waals surface area (Å²) in [6.45, 7) is 2.01. The summed E-state index contributed by atoms with van der Waals surface area (Å²) in [5, 5.41) is 2.16. The largest absolute Gasteiger partial charge is 0.273 e. The molecule has 3 atom stereocenters. The molecule has 5 nitrogen and oxygen atoms in total. The molecular formula is C24H19ClN2O3. The molecule has 3 aromatic carbocycles. The van der Waals surface area contributed by atoms with Crippen LogP contribution in [-0.4, -0.2) is 17.9 Å². The highest BCUT2D eigenvalue weighted by Crippen LogP contribution is 2.47. The minimum atomic E-state index is -0.886. The molecule has 30 heavy (non-hydrogen) atoms. The van der Waals surface area contributed by atoms with E-state index in [-0.39, 0.29) is 11.8 Å². The molecule has 0 N–H and O–H groups in total. The van der Waals surface area contributed by atoms with Crippen molar-refractivity contribution in [3.05, 3.63) is 95.0 Å². The van der Waals surface area contributed by atoms with Crippen LogP contribution in [0.25, 0.3) is 0 Å². The van der Waals surface area contributed by atoms with E-state index in [2.05, 4.69) is 0 Å². The maximum Gasteiger partial charge on any atom is 0.266 e. The molecule has 0 saturated carbocycles. The summed E-state index contributed by atoms with van der Waals surface area (Å²) in [5.41, 5.74) is 3.30. The second kappa shape index (κ2) is 7.27. The Labute approximate surface area is 179 Å². The van der Waals surface area contributed by atoms with Gasteiger partial charge in [0.25, 0.3) is 5.91 Å². The van der Waals surface area contributed by atoms with Crippen molar-refractivity contribution in [1.29, 1.82) is 0 Å². The summed E-state index contributed by atoms with van der Waals surface area (Å²) >= 11 is 6.09. The Morgan fingerprint density at radius 1 is 0.833 bits per heavy atom. The number of hydrogen-bond donors (Lipinski definition) is 0. The Kier molecular flexibility index (Phi) is 4.57. The van der Waals surface area contributed by atoms with Gasteiger partial charge in [0.1, 0.15) is 5.92 Å². The highest BCUT2D eigenvalue weighted by molar-refractivity contribution is 6.31. The van der Waals surface area contributed by atoms with Gasteiger partial charge in [-0.3, -0.25) is 14.4 Å². The van der Waals surface area contributed by atoms with Gasteiger partial charge >= 0.3 is 0 Å². The van der Waals surface area contributed by atoms with Crippen molar-refractivity contribution in [3.63, 3.8) is 0 Å². The molecule has 2 heterocycles. The van der Waals surface area contributed by atoms with E-state index in [1.54, 1.807) is 29.3 Å². The van der Waals surface area contributed by atoms with Gasteiger partial charge in [0.05, 0.1) is 17.4 Å². The lowest BCUT2D eigenvalue weighted by molar-refractivity contribution is -0.126. The number of hydroxylamine groups is 1. The fraction of sp³-hybridized carbons (Fsp3) is 0.167. The highest BCUT2D eigenvalue weighted by atomic mass is 35.5. The number of anilines is 2. The van der Waals surface area contributed by atoms with Crippen LogP contribution in [0, 0.1) is 12.8 Å². The Hall–Kier alpha value is -3.15. The number of aryl methyl sites for hydroxylation is 1. The first kappa shape index (κ1) is 18.9. The van der Waals surface area contributed by atoms with Crippen molar-refractivity contribution < 1.29 is 14.4 Å². The van der Waals surface area contributed by atoms with Crippen molar-refractivity contribution in [2.24, 2.45) is 5.92 Å². The summed E-state index contributed by atoms with van der Waals surface area (Å²) in [5.74, 6) is -1.31. The number of imide groups is 1. The van der Waals surface area contributed by atoms with Gasteiger partial charge < -0.3 is 0 Å². The molecule has 2 saturated heterocycles. The Morgan fingerprint density at radius 2 is 1.53 bits per heavy atom. The van der Waals surface area contributed by atoms with E-state index >= 15 is 0 Å². The number of benzene rings is 3. The zero-order valence-corrected chi connectivity index (χ0v) is 17.0. The van der Waals surface area contributed by atoms with E-state index < -0.39 is 18.1 Å². The molecule has 2 aliphatic heterocycles. The summed E-state index contributed by atoms with van der Waals surface area (Å²) < 4.78 is 0. The zero-order valence-electron chi connectivity index (χ0n) is 16.2. The Balaban J connectivity index is 1.59. The predicted molar refractivity (Wildman–Crippen MR) is 115 cm³/mol. The van der Waals surface area contributed by atoms with Crippen LogP contribution in [0.3, 0.4) is 0 Å². The second-order valence-corrected chi connectivity index (χ2v) is 8.00. The van der Waals surface area contributed by atoms with Crippen molar-refractivity contribution in [2.75, 3.05) is 9.96 Å². The molecule has 2 fully saturated rings. The van der Waals surface area contributed by atoms with Gasteiger partial charge in [-0.1, -0.05) is 65.7 Å². The molecule has 0 unspecified atom stereocenters. The first-order valence-corrected chi connectivity index (χ1v) is 10.1. The zero-order chi connectivity index (χ0) is 20.8. The van der Waals surface area contributed by atoms with Crippen LogP contribution in [0.15, 0.2) is 78.9 Å². The molecule has 2 aliphatic rings. The fourth-order valence-corrected chi connectivity index (χ4v) is 4.37. The smallest absolute Gasteiger partial charge is 0.266 e. The average molecular weight is 419 g/mol. The lowest BCUT2D eigenvalue weighted by Gasteiger charge is -2.28. The quantitative estimate of drug-likeness (QED) is 0.578. The van der Waals surface area contributed by atoms with E-state index in [1.165, 1.54) is 4.90 Å². The van der Waals surface area contributed by atoms with E-state index in [9.17, 15) is 9.59 Å². The minimum Gasteiger partial charge on any atom is -0.273 e. The standard InChI is InChI=1S/C24H19ClN2O3/c1-15-10-12-16(13-11-15)21-20-22(30-27(21)18-7-3-2-4-8-18)24(29)26(23(20)28)19-9-5-6-17(25)14-19/h2-14,20-22H,1H3/t20-,21-,22-/m1/s1. The van der Waals surface area contributed by atoms with Crippen LogP contribution in [-0.2, 0) is 14.4 Å². The topological polar surface area (TPSA) is 49.9 Å². The number of rotatable bonds is 3. The third kappa shape index (κ3) is 2.98. The fourth-order valence-electron chi connectivity index (χ4n) is 4.19. The van der Waals surface area contributed by atoms with Gasteiger partial charge in [0, 0.05) is 5.02 Å². The Morgan fingerprint density at radius 3 is 2.23 bits per heavy atom. The number of amides is 2. The van der Waals surface area contributed by atoms with Crippen molar-refractivity contribution in [3.8, 4) is 0 Å². The van der Waals surface area contributed by atoms with Gasteiger partial charge in [-0.05, 0) is 42.8 Å². The average Bonchev–Trinajstić information content (AvgIpc) is 3.26. The van der Waals surface area contributed by atoms with E-state index in [1.807, 2.05) is 61.5 Å². The van der Waals surface area contributed by atoms with Crippen molar-refractivity contribution in [1.82, 2.24) is 0 Å². The van der Waals surface area contributed by atoms with Crippen LogP contribution in [0.4, 0.5) is 11.4 Å². The monoisotopic (exact) mass is 418 g/mol. The van der Waals surface area contributed by atoms with E-state index in [4.69, 9.17) is 16.4 Å². The molecule has 0 spiro atoms. The molecule has 0 aromatic heterocycles. The maximum atomic E-state index is 13.5. The molecule has 3 aromatic rings. The number of fused-ring (bicyclic) bond motifs is 1. The van der Waals surface area contributed by atoms with Crippen molar-refractivity contribution in [2.45, 2.75) is 19.1 Å². The van der Waals surface area contributed by atoms with Crippen LogP contribution >= 0.6 is 11.6 Å². The molecule has 0 bridgehead atoms. The third-order valence-corrected chi connectivity index (χ3v) is 5.85. The first-order valence-electron chi connectivity index (χ1n) is 9.75. The summed E-state index contributed by atoms with van der Waals surface area (Å²) in [4.78, 5) is 34.0. The number of carbonyl (C=O) groups is 2. The van der Waals surface area contributed by atoms with Crippen LogP contribution < -0.4 is 9.96 Å². The highest BCUT2D eigenvalue weighted by Gasteiger charge is 2.60. The lowest BCUT2D eigenvalue weighted by atomic mass is 9.90. The first-order chi connectivity index (χ1) is 14.5. The van der Waals surface area contributed by atoms with Gasteiger partial charge in [-0.25, -0.2) is 9.96 Å². The molecular weight excluding hydrogens is 400 g/mol. The van der Waals surface area contributed by atoms with Crippen molar-refractivity contribution >= 4 is 34.8 Å². The van der Waals surface area contributed by atoms with Gasteiger partial charge in [-0.15, -0.1) is 0 Å². The number of para-hydroxylation sites is 1. The number of hydrogen-bond acceptors (Lipinski definition) is 4. The molecule has 6 heteroatoms. The van der Waals surface area contributed by atoms with Gasteiger partial charge in [-0.2, -0.15) is 0 Å². The number of nitrogens with zero attached hydrogens (tertiary/aromatic N) is 2. The van der Waals surface area contributed by atoms with E-state index in [0.29, 0.717) is 10.7 Å². The molecule has 0 aliphatic carbocycles. The number of carbonyl (C=O) groups excluding carboxylic acids is 2. The summed E-state index contributed by atoms with van der Waals surface area (Å²) in [6, 6.07) is 23.9. The molecule has 2 amide bonds.